The number of carboxylic acids is 1. The zero-order valence-electron chi connectivity index (χ0n) is 12.2. The highest BCUT2D eigenvalue weighted by Gasteiger charge is 2.16. The summed E-state index contributed by atoms with van der Waals surface area (Å²) in [5.74, 6) is -1.57. The lowest BCUT2D eigenvalue weighted by molar-refractivity contribution is -0.143. The summed E-state index contributed by atoms with van der Waals surface area (Å²) in [6.07, 6.45) is 0. The van der Waals surface area contributed by atoms with Crippen LogP contribution in [0.4, 0.5) is 10.5 Å². The fraction of sp³-hybridized carbons (Fsp3) is 0.357. The third-order valence-corrected chi connectivity index (χ3v) is 2.82. The number of hydrogen-bond acceptors (Lipinski definition) is 4. The van der Waals surface area contributed by atoms with Gasteiger partial charge in [0.05, 0.1) is 12.2 Å². The van der Waals surface area contributed by atoms with Crippen molar-refractivity contribution in [2.24, 2.45) is 0 Å². The molecule has 0 saturated heterocycles. The van der Waals surface area contributed by atoms with Crippen molar-refractivity contribution >= 4 is 23.7 Å². The monoisotopic (exact) mass is 294 g/mol. The van der Waals surface area contributed by atoms with Gasteiger partial charge in [0.25, 0.3) is 0 Å². The number of benzene rings is 1. The van der Waals surface area contributed by atoms with E-state index in [4.69, 9.17) is 9.84 Å². The summed E-state index contributed by atoms with van der Waals surface area (Å²) in [7, 11) is 1.45. The predicted octanol–water partition coefficient (Wildman–Crippen LogP) is 1.72. The highest BCUT2D eigenvalue weighted by atomic mass is 16.5. The number of nitrogens with one attached hydrogen (secondary N) is 1. The molecule has 0 aliphatic rings. The fourth-order valence-electron chi connectivity index (χ4n) is 1.69. The minimum Gasteiger partial charge on any atom is -0.478 e. The normalized spacial score (nSPS) is 9.86. The second-order valence-corrected chi connectivity index (χ2v) is 4.37. The minimum atomic E-state index is -1.07. The number of likely N-dealkylation sites (N-methyl/N-ethyl adjacent to an activating group) is 1. The van der Waals surface area contributed by atoms with Gasteiger partial charge in [0.2, 0.25) is 0 Å². The van der Waals surface area contributed by atoms with Gasteiger partial charge in [0.15, 0.2) is 0 Å². The number of carboxylic acid groups (broad SMARTS) is 1. The van der Waals surface area contributed by atoms with Crippen molar-refractivity contribution < 1.29 is 24.2 Å². The Labute approximate surface area is 122 Å². The fourth-order valence-corrected chi connectivity index (χ4v) is 1.69. The SMILES string of the molecule is CCOC(=O)CN(C)C(=O)Nc1cccc(C(=O)O)c1C. The molecule has 114 valence electrons. The zero-order chi connectivity index (χ0) is 16.0. The largest absolute Gasteiger partial charge is 0.478 e. The van der Waals surface area contributed by atoms with Gasteiger partial charge in [-0.2, -0.15) is 0 Å². The van der Waals surface area contributed by atoms with E-state index in [-0.39, 0.29) is 18.7 Å². The first-order valence-corrected chi connectivity index (χ1v) is 6.37. The van der Waals surface area contributed by atoms with Crippen LogP contribution in [-0.4, -0.2) is 48.2 Å². The summed E-state index contributed by atoms with van der Waals surface area (Å²) >= 11 is 0. The third-order valence-electron chi connectivity index (χ3n) is 2.82. The lowest BCUT2D eigenvalue weighted by Crippen LogP contribution is -2.36. The van der Waals surface area contributed by atoms with Crippen molar-refractivity contribution in [3.05, 3.63) is 29.3 Å². The lowest BCUT2D eigenvalue weighted by atomic mass is 10.1. The number of hydrogen-bond donors (Lipinski definition) is 2. The smallest absolute Gasteiger partial charge is 0.336 e. The van der Waals surface area contributed by atoms with E-state index in [1.54, 1.807) is 19.9 Å². The Morgan fingerprint density at radius 1 is 1.33 bits per heavy atom. The van der Waals surface area contributed by atoms with E-state index < -0.39 is 18.0 Å². The molecule has 0 aliphatic carbocycles. The number of aromatic carboxylic acids is 1. The van der Waals surface area contributed by atoms with Gasteiger partial charge in [-0.3, -0.25) is 4.79 Å². The first-order chi connectivity index (χ1) is 9.86. The Hall–Kier alpha value is -2.57. The Kier molecular flexibility index (Phi) is 5.71. The van der Waals surface area contributed by atoms with Crippen molar-refractivity contribution in [3.8, 4) is 0 Å². The molecule has 1 rings (SSSR count). The molecule has 1 aromatic rings. The highest BCUT2D eigenvalue weighted by molar-refractivity contribution is 5.96. The molecule has 7 nitrogen and oxygen atoms in total. The van der Waals surface area contributed by atoms with Crippen molar-refractivity contribution in [3.63, 3.8) is 0 Å². The molecule has 0 aliphatic heterocycles. The second-order valence-electron chi connectivity index (χ2n) is 4.37. The highest BCUT2D eigenvalue weighted by Crippen LogP contribution is 2.19. The van der Waals surface area contributed by atoms with Crippen LogP contribution in [0.25, 0.3) is 0 Å². The van der Waals surface area contributed by atoms with E-state index in [1.807, 2.05) is 0 Å². The number of anilines is 1. The summed E-state index contributed by atoms with van der Waals surface area (Å²) in [6, 6.07) is 4.07. The number of carbonyl (C=O) groups is 3. The molecule has 0 radical (unpaired) electrons. The molecular weight excluding hydrogens is 276 g/mol. The van der Waals surface area contributed by atoms with Crippen LogP contribution >= 0.6 is 0 Å². The van der Waals surface area contributed by atoms with Crippen LogP contribution in [-0.2, 0) is 9.53 Å². The van der Waals surface area contributed by atoms with Gasteiger partial charge in [0.1, 0.15) is 6.54 Å². The average Bonchev–Trinajstić information content (AvgIpc) is 2.40. The molecule has 0 aromatic heterocycles. The summed E-state index contributed by atoms with van der Waals surface area (Å²) < 4.78 is 4.75. The maximum absolute atomic E-state index is 11.9. The molecule has 7 heteroatoms. The van der Waals surface area contributed by atoms with E-state index >= 15 is 0 Å². The van der Waals surface area contributed by atoms with Crippen LogP contribution in [0.3, 0.4) is 0 Å². The molecule has 0 bridgehead atoms. The molecule has 1 aromatic carbocycles. The molecule has 0 unspecified atom stereocenters. The van der Waals surface area contributed by atoms with Crippen LogP contribution in [0.2, 0.25) is 0 Å². The van der Waals surface area contributed by atoms with E-state index in [9.17, 15) is 14.4 Å². The molecule has 21 heavy (non-hydrogen) atoms. The third kappa shape index (κ3) is 4.48. The van der Waals surface area contributed by atoms with Gasteiger partial charge in [-0.1, -0.05) is 6.07 Å². The molecule has 2 amide bonds. The molecule has 0 heterocycles. The molecule has 0 saturated carbocycles. The van der Waals surface area contributed by atoms with Crippen molar-refractivity contribution in [1.29, 1.82) is 0 Å². The van der Waals surface area contributed by atoms with Crippen LogP contribution in [0.15, 0.2) is 18.2 Å². The van der Waals surface area contributed by atoms with Crippen LogP contribution < -0.4 is 5.32 Å². The minimum absolute atomic E-state index is 0.112. The molecule has 0 atom stereocenters. The van der Waals surface area contributed by atoms with E-state index in [1.165, 1.54) is 19.2 Å². The molecule has 0 fully saturated rings. The van der Waals surface area contributed by atoms with Crippen molar-refractivity contribution in [1.82, 2.24) is 4.90 Å². The number of urea groups is 1. The second kappa shape index (κ2) is 7.28. The van der Waals surface area contributed by atoms with E-state index in [0.29, 0.717) is 11.3 Å². The standard InChI is InChI=1S/C14H18N2O5/c1-4-21-12(17)8-16(3)14(20)15-11-7-5-6-10(9(11)2)13(18)19/h5-7H,4,8H2,1-3H3,(H,15,20)(H,18,19). The number of nitrogens with zero attached hydrogens (tertiary/aromatic N) is 1. The molecule has 0 spiro atoms. The van der Waals surface area contributed by atoms with Crippen LogP contribution in [0, 0.1) is 6.92 Å². The number of ether oxygens (including phenoxy) is 1. The topological polar surface area (TPSA) is 95.9 Å². The van der Waals surface area contributed by atoms with Crippen molar-refractivity contribution in [2.75, 3.05) is 25.5 Å². The maximum atomic E-state index is 11.9. The quantitative estimate of drug-likeness (QED) is 0.806. The van der Waals surface area contributed by atoms with E-state index in [0.717, 1.165) is 4.90 Å². The van der Waals surface area contributed by atoms with E-state index in [2.05, 4.69) is 5.32 Å². The number of rotatable bonds is 5. The van der Waals surface area contributed by atoms with Gasteiger partial charge in [-0.05, 0) is 31.5 Å². The number of esters is 1. The number of amides is 2. The van der Waals surface area contributed by atoms with Gasteiger partial charge < -0.3 is 20.1 Å². The van der Waals surface area contributed by atoms with Gasteiger partial charge in [-0.15, -0.1) is 0 Å². The van der Waals surface area contributed by atoms with Crippen molar-refractivity contribution in [2.45, 2.75) is 13.8 Å². The number of carbonyl (C=O) groups excluding carboxylic acids is 2. The summed E-state index contributed by atoms with van der Waals surface area (Å²) in [4.78, 5) is 35.4. The average molecular weight is 294 g/mol. The van der Waals surface area contributed by atoms with Gasteiger partial charge in [0, 0.05) is 12.7 Å². The summed E-state index contributed by atoms with van der Waals surface area (Å²) in [6.45, 7) is 3.34. The van der Waals surface area contributed by atoms with Crippen LogP contribution in [0.1, 0.15) is 22.8 Å². The molecular formula is C14H18N2O5. The predicted molar refractivity (Wildman–Crippen MR) is 76.4 cm³/mol. The Bertz CT molecular complexity index is 556. The Balaban J connectivity index is 2.77. The molecule has 2 N–H and O–H groups in total. The summed E-state index contributed by atoms with van der Waals surface area (Å²) in [5, 5.41) is 11.6. The van der Waals surface area contributed by atoms with Gasteiger partial charge in [-0.25, -0.2) is 9.59 Å². The van der Waals surface area contributed by atoms with Crippen LogP contribution in [0.5, 0.6) is 0 Å². The summed E-state index contributed by atoms with van der Waals surface area (Å²) in [5.41, 5.74) is 0.944. The zero-order valence-corrected chi connectivity index (χ0v) is 12.2. The first kappa shape index (κ1) is 16.5. The van der Waals surface area contributed by atoms with Gasteiger partial charge >= 0.3 is 18.0 Å². The Morgan fingerprint density at radius 3 is 2.57 bits per heavy atom. The first-order valence-electron chi connectivity index (χ1n) is 6.37. The maximum Gasteiger partial charge on any atom is 0.336 e. The Morgan fingerprint density at radius 2 is 2.00 bits per heavy atom. The lowest BCUT2D eigenvalue weighted by Gasteiger charge is -2.18.